The molecule has 0 aliphatic carbocycles. The Hall–Kier alpha value is -1.09. The third kappa shape index (κ3) is 3.43. The molecule has 17 heavy (non-hydrogen) atoms. The molecule has 2 nitrogen and oxygen atoms in total. The molecule has 0 N–H and O–H groups in total. The highest BCUT2D eigenvalue weighted by Crippen LogP contribution is 2.26. The van der Waals surface area contributed by atoms with Gasteiger partial charge in [-0.25, -0.2) is 9.18 Å². The van der Waals surface area contributed by atoms with Crippen LogP contribution in [-0.4, -0.2) is 12.1 Å². The van der Waals surface area contributed by atoms with Crippen LogP contribution in [0.25, 0.3) is 0 Å². The number of carbonyl (C=O) groups excluding carboxylic acids is 1. The van der Waals surface area contributed by atoms with Gasteiger partial charge in [0.2, 0.25) is 0 Å². The summed E-state index contributed by atoms with van der Waals surface area (Å²) >= 11 is 5.84. The lowest BCUT2D eigenvalue weighted by Gasteiger charge is -2.13. The minimum absolute atomic E-state index is 0.0159. The van der Waals surface area contributed by atoms with Crippen LogP contribution in [-0.2, 0) is 4.74 Å². The maximum Gasteiger partial charge on any atom is 0.339 e. The van der Waals surface area contributed by atoms with Gasteiger partial charge in [0.25, 0.3) is 0 Å². The van der Waals surface area contributed by atoms with Crippen molar-refractivity contribution in [2.45, 2.75) is 39.7 Å². The van der Waals surface area contributed by atoms with Crippen molar-refractivity contribution >= 4 is 17.6 Å². The second-order valence-electron chi connectivity index (χ2n) is 4.46. The molecule has 0 unspecified atom stereocenters. The molecule has 4 heteroatoms. The molecule has 1 aromatic carbocycles. The van der Waals surface area contributed by atoms with Gasteiger partial charge in [-0.05, 0) is 37.5 Å². The Morgan fingerprint density at radius 3 is 2.35 bits per heavy atom. The summed E-state index contributed by atoms with van der Waals surface area (Å²) in [6, 6.07) is 2.63. The van der Waals surface area contributed by atoms with Crippen molar-refractivity contribution in [3.63, 3.8) is 0 Å². The highest BCUT2D eigenvalue weighted by atomic mass is 35.5. The van der Waals surface area contributed by atoms with Gasteiger partial charge in [-0.15, -0.1) is 0 Å². The molecule has 1 rings (SSSR count). The van der Waals surface area contributed by atoms with E-state index in [2.05, 4.69) is 0 Å². The van der Waals surface area contributed by atoms with Crippen LogP contribution >= 0.6 is 11.6 Å². The van der Waals surface area contributed by atoms with Crippen molar-refractivity contribution in [2.24, 2.45) is 0 Å². The second-order valence-corrected chi connectivity index (χ2v) is 4.87. The molecule has 0 saturated carbocycles. The van der Waals surface area contributed by atoms with Crippen LogP contribution in [0.5, 0.6) is 0 Å². The number of esters is 1. The number of carbonyl (C=O) groups is 1. The van der Waals surface area contributed by atoms with Crippen LogP contribution in [0.15, 0.2) is 12.1 Å². The minimum atomic E-state index is -0.521. The number of rotatable bonds is 3. The zero-order valence-electron chi connectivity index (χ0n) is 10.4. The topological polar surface area (TPSA) is 26.3 Å². The first-order valence-corrected chi connectivity index (χ1v) is 5.90. The van der Waals surface area contributed by atoms with Crippen LogP contribution in [0.1, 0.15) is 49.5 Å². The van der Waals surface area contributed by atoms with Gasteiger partial charge < -0.3 is 4.74 Å². The first-order chi connectivity index (χ1) is 7.82. The Morgan fingerprint density at radius 1 is 1.29 bits per heavy atom. The average Bonchev–Trinajstić information content (AvgIpc) is 2.15. The fraction of sp³-hybridized carbons (Fsp3) is 0.462. The minimum Gasteiger partial charge on any atom is -0.459 e. The predicted octanol–water partition coefficient (Wildman–Crippen LogP) is 4.17. The first kappa shape index (κ1) is 14.0. The fourth-order valence-corrected chi connectivity index (χ4v) is 1.67. The number of hydrogen-bond acceptors (Lipinski definition) is 2. The maximum atomic E-state index is 13.6. The smallest absolute Gasteiger partial charge is 0.339 e. The third-order valence-corrected chi connectivity index (χ3v) is 2.58. The molecule has 0 saturated heterocycles. The number of hydrogen-bond donors (Lipinski definition) is 0. The van der Waals surface area contributed by atoms with Gasteiger partial charge in [-0.1, -0.05) is 25.4 Å². The maximum absolute atomic E-state index is 13.6. The van der Waals surface area contributed by atoms with Crippen LogP contribution in [0.4, 0.5) is 4.39 Å². The van der Waals surface area contributed by atoms with Crippen molar-refractivity contribution in [3.05, 3.63) is 34.1 Å². The quantitative estimate of drug-likeness (QED) is 0.761. The first-order valence-electron chi connectivity index (χ1n) is 5.52. The van der Waals surface area contributed by atoms with E-state index in [4.69, 9.17) is 16.3 Å². The van der Waals surface area contributed by atoms with Gasteiger partial charge >= 0.3 is 5.97 Å². The molecule has 0 aliphatic heterocycles. The molecular formula is C13H16ClFO2. The zero-order valence-corrected chi connectivity index (χ0v) is 11.1. The number of benzene rings is 1. The Balaban J connectivity index is 3.16. The van der Waals surface area contributed by atoms with Crippen molar-refractivity contribution in [1.82, 2.24) is 0 Å². The van der Waals surface area contributed by atoms with E-state index in [9.17, 15) is 9.18 Å². The van der Waals surface area contributed by atoms with Gasteiger partial charge in [0, 0.05) is 0 Å². The van der Waals surface area contributed by atoms with E-state index in [-0.39, 0.29) is 22.6 Å². The van der Waals surface area contributed by atoms with E-state index in [0.717, 1.165) is 6.07 Å². The van der Waals surface area contributed by atoms with Gasteiger partial charge in [-0.3, -0.25) is 0 Å². The van der Waals surface area contributed by atoms with Gasteiger partial charge in [0.05, 0.1) is 16.7 Å². The van der Waals surface area contributed by atoms with E-state index in [1.807, 2.05) is 13.8 Å². The molecule has 0 aromatic heterocycles. The zero-order chi connectivity index (χ0) is 13.2. The van der Waals surface area contributed by atoms with Crippen LogP contribution in [0.2, 0.25) is 5.02 Å². The lowest BCUT2D eigenvalue weighted by atomic mass is 10.00. The highest BCUT2D eigenvalue weighted by molar-refractivity contribution is 6.33. The summed E-state index contributed by atoms with van der Waals surface area (Å²) in [5.41, 5.74) is 0.676. The molecule has 0 spiro atoms. The SMILES string of the molecule is CC(C)OC(=O)c1cc(C(C)C)c(F)cc1Cl. The van der Waals surface area contributed by atoms with E-state index in [1.165, 1.54) is 6.07 Å². The molecule has 0 heterocycles. The summed E-state index contributed by atoms with van der Waals surface area (Å²) in [4.78, 5) is 11.7. The molecule has 0 bridgehead atoms. The Kier molecular flexibility index (Phi) is 4.52. The van der Waals surface area contributed by atoms with Crippen LogP contribution < -0.4 is 0 Å². The molecule has 0 amide bonds. The van der Waals surface area contributed by atoms with Gasteiger partial charge in [0.1, 0.15) is 5.82 Å². The normalized spacial score (nSPS) is 11.1. The lowest BCUT2D eigenvalue weighted by molar-refractivity contribution is 0.0378. The lowest BCUT2D eigenvalue weighted by Crippen LogP contribution is -2.13. The van der Waals surface area contributed by atoms with Crippen LogP contribution in [0, 0.1) is 5.82 Å². The van der Waals surface area contributed by atoms with E-state index >= 15 is 0 Å². The summed E-state index contributed by atoms with van der Waals surface area (Å²) < 4.78 is 18.6. The van der Waals surface area contributed by atoms with E-state index in [0.29, 0.717) is 5.56 Å². The average molecular weight is 259 g/mol. The summed E-state index contributed by atoms with van der Waals surface area (Å²) in [6.07, 6.45) is -0.230. The Morgan fingerprint density at radius 2 is 1.88 bits per heavy atom. The molecule has 1 aromatic rings. The monoisotopic (exact) mass is 258 g/mol. The molecular weight excluding hydrogens is 243 g/mol. The molecule has 0 atom stereocenters. The molecule has 0 aliphatic rings. The van der Waals surface area contributed by atoms with Crippen molar-refractivity contribution in [2.75, 3.05) is 0 Å². The van der Waals surface area contributed by atoms with E-state index in [1.54, 1.807) is 13.8 Å². The highest BCUT2D eigenvalue weighted by Gasteiger charge is 2.18. The third-order valence-electron chi connectivity index (χ3n) is 2.27. The van der Waals surface area contributed by atoms with Gasteiger partial charge in [0.15, 0.2) is 0 Å². The number of ether oxygens (including phenoxy) is 1. The summed E-state index contributed by atoms with van der Waals surface area (Å²) in [5, 5.41) is 0.0811. The Labute approximate surface area is 106 Å². The largest absolute Gasteiger partial charge is 0.459 e. The molecule has 94 valence electrons. The Bertz CT molecular complexity index is 428. The predicted molar refractivity (Wildman–Crippen MR) is 66.1 cm³/mol. The molecule has 0 radical (unpaired) electrons. The number of halogens is 2. The molecule has 0 fully saturated rings. The summed E-state index contributed by atoms with van der Waals surface area (Å²) in [5.74, 6) is -0.934. The summed E-state index contributed by atoms with van der Waals surface area (Å²) in [6.45, 7) is 7.20. The van der Waals surface area contributed by atoms with E-state index < -0.39 is 11.8 Å². The second kappa shape index (κ2) is 5.50. The van der Waals surface area contributed by atoms with Crippen molar-refractivity contribution in [1.29, 1.82) is 0 Å². The van der Waals surface area contributed by atoms with Gasteiger partial charge in [-0.2, -0.15) is 0 Å². The fourth-order valence-electron chi connectivity index (χ4n) is 1.44. The van der Waals surface area contributed by atoms with Crippen LogP contribution in [0.3, 0.4) is 0 Å². The van der Waals surface area contributed by atoms with Crippen molar-refractivity contribution < 1.29 is 13.9 Å². The summed E-state index contributed by atoms with van der Waals surface area (Å²) in [7, 11) is 0. The van der Waals surface area contributed by atoms with Crippen molar-refractivity contribution in [3.8, 4) is 0 Å². The standard InChI is InChI=1S/C13H16ClFO2/c1-7(2)9-5-10(11(14)6-12(9)15)13(16)17-8(3)4/h5-8H,1-4H3.